The van der Waals surface area contributed by atoms with Gasteiger partial charge in [-0.05, 0) is 23.3 Å². The molecule has 40 heavy (non-hydrogen) atoms. The average Bonchev–Trinajstić information content (AvgIpc) is 3.34. The molecule has 1 heterocycles. The van der Waals surface area contributed by atoms with Crippen LogP contribution in [0.5, 0.6) is 23.0 Å². The summed E-state index contributed by atoms with van der Waals surface area (Å²) in [6.45, 7) is 0. The van der Waals surface area contributed by atoms with Gasteiger partial charge in [-0.3, -0.25) is 19.7 Å². The maximum absolute atomic E-state index is 13.5. The minimum absolute atomic E-state index is 0.0109. The molecular weight excluding hydrogens is 524 g/mol. The third-order valence-corrected chi connectivity index (χ3v) is 7.76. The van der Waals surface area contributed by atoms with Gasteiger partial charge in [-0.15, -0.1) is 0 Å². The Bertz CT molecular complexity index is 1450. The number of amides is 1. The smallest absolute Gasteiger partial charge is 0.352 e. The molecule has 210 valence electrons. The molecule has 0 bridgehead atoms. The minimum atomic E-state index is -2.43. The lowest BCUT2D eigenvalue weighted by Gasteiger charge is -2.40. The summed E-state index contributed by atoms with van der Waals surface area (Å²) in [5.74, 6) is -3.13. The molecular formula is C28H28N2O10. The fourth-order valence-electron chi connectivity index (χ4n) is 6.23. The van der Waals surface area contributed by atoms with Gasteiger partial charge in [0, 0.05) is 12.0 Å². The van der Waals surface area contributed by atoms with Gasteiger partial charge >= 0.3 is 5.69 Å². The standard InChI is InChI=1S/C28H28N2O10/c1-36-17-12-10-16(11-13-17)28-21(15-8-6-5-7-9-15)20(26(32)29-39-4)25(31)27(28,33)22-18(40-28)14-19(37-2)23(30(34)35)24(22)38-3/h5-14,20-21,25,31,33H,1-4H3,(H,29,32)/t20-,21-,25-,27+,28+/m1/s1. The number of aliphatic hydroxyl groups is 2. The maximum atomic E-state index is 13.5. The van der Waals surface area contributed by atoms with Gasteiger partial charge in [0.05, 0.1) is 44.8 Å². The Kier molecular flexibility index (Phi) is 6.78. The Morgan fingerprint density at radius 3 is 2.25 bits per heavy atom. The molecule has 5 rings (SSSR count). The van der Waals surface area contributed by atoms with Crippen LogP contribution in [-0.4, -0.2) is 55.6 Å². The summed E-state index contributed by atoms with van der Waals surface area (Å²) in [5, 5.41) is 37.0. The largest absolute Gasteiger partial charge is 0.497 e. The van der Waals surface area contributed by atoms with Crippen molar-refractivity contribution in [3.63, 3.8) is 0 Å². The number of aliphatic hydroxyl groups excluding tert-OH is 1. The minimum Gasteiger partial charge on any atom is -0.497 e. The number of nitrogens with one attached hydrogen (secondary N) is 1. The molecule has 0 spiro atoms. The molecule has 1 fully saturated rings. The molecule has 12 heteroatoms. The number of hydrogen-bond donors (Lipinski definition) is 3. The van der Waals surface area contributed by atoms with E-state index < -0.39 is 45.7 Å². The lowest BCUT2D eigenvalue weighted by atomic mass is 9.70. The summed E-state index contributed by atoms with van der Waals surface area (Å²) in [7, 11) is 5.20. The molecule has 2 aliphatic rings. The van der Waals surface area contributed by atoms with Gasteiger partial charge in [-0.2, -0.15) is 0 Å². The number of rotatable bonds is 8. The molecule has 1 saturated carbocycles. The molecule has 1 aliphatic heterocycles. The molecule has 3 aromatic rings. The van der Waals surface area contributed by atoms with Crippen molar-refractivity contribution in [2.24, 2.45) is 5.92 Å². The molecule has 1 aliphatic carbocycles. The van der Waals surface area contributed by atoms with E-state index in [-0.39, 0.29) is 22.8 Å². The Morgan fingerprint density at radius 1 is 1.02 bits per heavy atom. The highest BCUT2D eigenvalue weighted by molar-refractivity contribution is 5.83. The second-order valence-corrected chi connectivity index (χ2v) is 9.45. The van der Waals surface area contributed by atoms with E-state index >= 15 is 0 Å². The lowest BCUT2D eigenvalue weighted by Crippen LogP contribution is -2.52. The Hall–Kier alpha value is -4.39. The van der Waals surface area contributed by atoms with Crippen molar-refractivity contribution in [2.45, 2.75) is 23.2 Å². The van der Waals surface area contributed by atoms with Crippen LogP contribution in [0.15, 0.2) is 60.7 Å². The molecule has 0 radical (unpaired) electrons. The van der Waals surface area contributed by atoms with E-state index in [4.69, 9.17) is 23.8 Å². The van der Waals surface area contributed by atoms with Gasteiger partial charge in [0.2, 0.25) is 17.4 Å². The molecule has 0 unspecified atom stereocenters. The Morgan fingerprint density at radius 2 is 1.70 bits per heavy atom. The van der Waals surface area contributed by atoms with E-state index in [1.807, 2.05) is 0 Å². The first kappa shape index (κ1) is 27.2. The molecule has 5 atom stereocenters. The van der Waals surface area contributed by atoms with E-state index in [1.165, 1.54) is 34.5 Å². The van der Waals surface area contributed by atoms with Crippen molar-refractivity contribution in [3.05, 3.63) is 87.5 Å². The third-order valence-electron chi connectivity index (χ3n) is 7.76. The number of nitrogens with zero attached hydrogens (tertiary/aromatic N) is 1. The van der Waals surface area contributed by atoms with Crippen LogP contribution >= 0.6 is 0 Å². The number of benzene rings is 3. The quantitative estimate of drug-likeness (QED) is 0.280. The van der Waals surface area contributed by atoms with E-state index in [0.717, 1.165) is 0 Å². The zero-order valence-electron chi connectivity index (χ0n) is 22.1. The third kappa shape index (κ3) is 3.53. The van der Waals surface area contributed by atoms with Crippen LogP contribution in [-0.2, 0) is 20.8 Å². The van der Waals surface area contributed by atoms with Crippen LogP contribution in [0.3, 0.4) is 0 Å². The molecule has 0 aromatic heterocycles. The van der Waals surface area contributed by atoms with Crippen molar-refractivity contribution in [1.82, 2.24) is 5.48 Å². The summed E-state index contributed by atoms with van der Waals surface area (Å²) >= 11 is 0. The molecule has 3 aromatic carbocycles. The first-order chi connectivity index (χ1) is 19.2. The van der Waals surface area contributed by atoms with Crippen LogP contribution in [0.4, 0.5) is 5.69 Å². The second-order valence-electron chi connectivity index (χ2n) is 9.45. The van der Waals surface area contributed by atoms with Crippen molar-refractivity contribution in [3.8, 4) is 23.0 Å². The van der Waals surface area contributed by atoms with Crippen LogP contribution in [0.2, 0.25) is 0 Å². The van der Waals surface area contributed by atoms with Gasteiger partial charge in [0.1, 0.15) is 17.6 Å². The highest BCUT2D eigenvalue weighted by atomic mass is 16.6. The Balaban J connectivity index is 1.92. The summed E-state index contributed by atoms with van der Waals surface area (Å²) in [6.07, 6.45) is -1.85. The number of methoxy groups -OCH3 is 3. The van der Waals surface area contributed by atoms with Crippen LogP contribution in [0, 0.1) is 16.0 Å². The van der Waals surface area contributed by atoms with Crippen LogP contribution in [0.25, 0.3) is 0 Å². The fraction of sp³-hybridized carbons (Fsp3) is 0.321. The van der Waals surface area contributed by atoms with Gasteiger partial charge < -0.3 is 29.2 Å². The number of fused-ring (bicyclic) bond motifs is 3. The first-order valence-corrected chi connectivity index (χ1v) is 12.3. The monoisotopic (exact) mass is 552 g/mol. The van der Waals surface area contributed by atoms with Gasteiger partial charge in [-0.25, -0.2) is 5.48 Å². The molecule has 12 nitrogen and oxygen atoms in total. The lowest BCUT2D eigenvalue weighted by molar-refractivity contribution is -0.386. The van der Waals surface area contributed by atoms with Crippen molar-refractivity contribution in [2.75, 3.05) is 28.4 Å². The Labute approximate surface area is 229 Å². The van der Waals surface area contributed by atoms with E-state index in [2.05, 4.69) is 5.48 Å². The fourth-order valence-corrected chi connectivity index (χ4v) is 6.23. The van der Waals surface area contributed by atoms with Crippen molar-refractivity contribution in [1.29, 1.82) is 0 Å². The summed E-state index contributed by atoms with van der Waals surface area (Å²) in [4.78, 5) is 29.8. The zero-order chi connectivity index (χ0) is 28.8. The highest BCUT2D eigenvalue weighted by Crippen LogP contribution is 2.71. The molecule has 1 amide bonds. The number of carbonyl (C=O) groups excluding carboxylic acids is 1. The first-order valence-electron chi connectivity index (χ1n) is 12.3. The number of hydrogen-bond acceptors (Lipinski definition) is 10. The number of nitro benzene ring substituents is 1. The van der Waals surface area contributed by atoms with Gasteiger partial charge in [-0.1, -0.05) is 42.5 Å². The normalized spacial score (nSPS) is 26.3. The molecule has 0 saturated heterocycles. The number of nitro groups is 1. The average molecular weight is 553 g/mol. The highest BCUT2D eigenvalue weighted by Gasteiger charge is 2.78. The molecule has 3 N–H and O–H groups in total. The summed E-state index contributed by atoms with van der Waals surface area (Å²) in [5.41, 5.74) is -1.88. The van der Waals surface area contributed by atoms with E-state index in [0.29, 0.717) is 16.9 Å². The SMILES string of the molecule is CONC(=O)[C@H]1[C@@H](O)[C@@]2(O)c3c(cc(OC)c([N+](=O)[O-])c3OC)O[C@@]2(c2ccc(OC)cc2)[C@@H]1c1ccccc1. The predicted molar refractivity (Wildman–Crippen MR) is 139 cm³/mol. The van der Waals surface area contributed by atoms with Gasteiger partial charge in [0.25, 0.3) is 0 Å². The number of ether oxygens (including phenoxy) is 4. The van der Waals surface area contributed by atoms with E-state index in [9.17, 15) is 25.1 Å². The predicted octanol–water partition coefficient (Wildman–Crippen LogP) is 2.55. The number of carbonyl (C=O) groups is 1. The van der Waals surface area contributed by atoms with Crippen LogP contribution in [0.1, 0.15) is 22.6 Å². The second kappa shape index (κ2) is 9.97. The van der Waals surface area contributed by atoms with Crippen molar-refractivity contribution < 1.29 is 43.7 Å². The van der Waals surface area contributed by atoms with Crippen LogP contribution < -0.4 is 24.4 Å². The van der Waals surface area contributed by atoms with E-state index in [1.54, 1.807) is 54.6 Å². The number of hydroxylamine groups is 1. The maximum Gasteiger partial charge on any atom is 0.352 e. The summed E-state index contributed by atoms with van der Waals surface area (Å²) in [6, 6.07) is 16.6. The zero-order valence-corrected chi connectivity index (χ0v) is 22.1. The topological polar surface area (TPSA) is 159 Å². The summed E-state index contributed by atoms with van der Waals surface area (Å²) < 4.78 is 22.7. The van der Waals surface area contributed by atoms with Crippen molar-refractivity contribution >= 4 is 11.6 Å². The van der Waals surface area contributed by atoms with Gasteiger partial charge in [0.15, 0.2) is 11.2 Å².